The molecule has 0 unspecified atom stereocenters. The van der Waals surface area contributed by atoms with Gasteiger partial charge in [0.05, 0.1) is 5.69 Å². The number of anilines is 1. The fraction of sp³-hybridized carbons (Fsp3) is 0.231. The summed E-state index contributed by atoms with van der Waals surface area (Å²) in [6.07, 6.45) is 0. The van der Waals surface area contributed by atoms with Gasteiger partial charge in [-0.2, -0.15) is 0 Å². The number of hydrogen-bond donors (Lipinski definition) is 2. The predicted molar refractivity (Wildman–Crippen MR) is 86.7 cm³/mol. The highest BCUT2D eigenvalue weighted by Gasteiger charge is 2.17. The van der Waals surface area contributed by atoms with Gasteiger partial charge >= 0.3 is 0 Å². The van der Waals surface area contributed by atoms with Gasteiger partial charge in [0.2, 0.25) is 0 Å². The summed E-state index contributed by atoms with van der Waals surface area (Å²) >= 11 is 4.60. The molecule has 0 fully saturated rings. The van der Waals surface area contributed by atoms with E-state index in [9.17, 15) is 8.42 Å². The van der Waals surface area contributed by atoms with Crippen LogP contribution in [0, 0.1) is 0 Å². The van der Waals surface area contributed by atoms with Crippen molar-refractivity contribution in [3.63, 3.8) is 0 Å². The van der Waals surface area contributed by atoms with Gasteiger partial charge in [0.1, 0.15) is 4.21 Å². The molecule has 1 aromatic heterocycles. The zero-order valence-electron chi connectivity index (χ0n) is 10.9. The second kappa shape index (κ2) is 6.71. The third kappa shape index (κ3) is 3.82. The summed E-state index contributed by atoms with van der Waals surface area (Å²) in [5.41, 5.74) is 0.536. The van der Waals surface area contributed by atoms with Crippen LogP contribution in [0.1, 0.15) is 11.8 Å². The first-order chi connectivity index (χ1) is 9.53. The fourth-order valence-electron chi connectivity index (χ4n) is 1.58. The zero-order chi connectivity index (χ0) is 14.6. The minimum Gasteiger partial charge on any atom is -0.312 e. The van der Waals surface area contributed by atoms with Crippen molar-refractivity contribution in [2.24, 2.45) is 0 Å². The van der Waals surface area contributed by atoms with E-state index in [2.05, 4.69) is 26.0 Å². The Labute approximate surface area is 131 Å². The summed E-state index contributed by atoms with van der Waals surface area (Å²) in [7, 11) is -3.53. The average Bonchev–Trinajstić information content (AvgIpc) is 2.88. The molecule has 0 atom stereocenters. The molecule has 2 rings (SSSR count). The SMILES string of the molecule is CCNCc1ccc(S(=O)(=O)Nc2ccccc2Br)s1. The molecule has 2 N–H and O–H groups in total. The minimum atomic E-state index is -3.53. The number of rotatable bonds is 6. The van der Waals surface area contributed by atoms with Gasteiger partial charge in [0, 0.05) is 15.9 Å². The van der Waals surface area contributed by atoms with Gasteiger partial charge in [-0.05, 0) is 46.7 Å². The number of halogens is 1. The van der Waals surface area contributed by atoms with Crippen LogP contribution in [-0.2, 0) is 16.6 Å². The normalized spacial score (nSPS) is 11.5. The molecule has 1 heterocycles. The Morgan fingerprint density at radius 1 is 1.20 bits per heavy atom. The number of para-hydroxylation sites is 1. The van der Waals surface area contributed by atoms with Gasteiger partial charge in [-0.15, -0.1) is 11.3 Å². The van der Waals surface area contributed by atoms with Crippen molar-refractivity contribution in [2.75, 3.05) is 11.3 Å². The Balaban J connectivity index is 2.18. The van der Waals surface area contributed by atoms with Gasteiger partial charge in [0.15, 0.2) is 0 Å². The minimum absolute atomic E-state index is 0.321. The highest BCUT2D eigenvalue weighted by molar-refractivity contribution is 9.10. The van der Waals surface area contributed by atoms with Crippen LogP contribution in [0.5, 0.6) is 0 Å². The maximum Gasteiger partial charge on any atom is 0.271 e. The van der Waals surface area contributed by atoms with Gasteiger partial charge in [-0.25, -0.2) is 8.42 Å². The largest absolute Gasteiger partial charge is 0.312 e. The molecule has 0 bridgehead atoms. The summed E-state index contributed by atoms with van der Waals surface area (Å²) in [6, 6.07) is 10.6. The van der Waals surface area contributed by atoms with Gasteiger partial charge in [-0.3, -0.25) is 4.72 Å². The highest BCUT2D eigenvalue weighted by atomic mass is 79.9. The first kappa shape index (κ1) is 15.5. The number of thiophene rings is 1. The van der Waals surface area contributed by atoms with E-state index in [4.69, 9.17) is 0 Å². The van der Waals surface area contributed by atoms with E-state index >= 15 is 0 Å². The number of nitrogens with one attached hydrogen (secondary N) is 2. The van der Waals surface area contributed by atoms with Crippen LogP contribution in [0.2, 0.25) is 0 Å². The summed E-state index contributed by atoms with van der Waals surface area (Å²) in [5.74, 6) is 0. The highest BCUT2D eigenvalue weighted by Crippen LogP contribution is 2.27. The second-order valence-corrected chi connectivity index (χ2v) is 8.02. The molecule has 0 spiro atoms. The third-order valence-electron chi connectivity index (χ3n) is 2.57. The molecule has 0 amide bonds. The first-order valence-corrected chi connectivity index (χ1v) is 9.19. The molecule has 7 heteroatoms. The average molecular weight is 375 g/mol. The molecule has 0 saturated heterocycles. The predicted octanol–water partition coefficient (Wildman–Crippen LogP) is 3.42. The van der Waals surface area contributed by atoms with Crippen molar-refractivity contribution in [3.8, 4) is 0 Å². The molecule has 0 saturated carbocycles. The molecule has 0 aliphatic carbocycles. The monoisotopic (exact) mass is 374 g/mol. The van der Waals surface area contributed by atoms with Gasteiger partial charge in [-0.1, -0.05) is 19.1 Å². The van der Waals surface area contributed by atoms with Crippen molar-refractivity contribution in [1.29, 1.82) is 0 Å². The van der Waals surface area contributed by atoms with Crippen LogP contribution < -0.4 is 10.0 Å². The Bertz CT molecular complexity index is 683. The third-order valence-corrected chi connectivity index (χ3v) is 6.20. The smallest absolute Gasteiger partial charge is 0.271 e. The first-order valence-electron chi connectivity index (χ1n) is 6.09. The number of benzene rings is 1. The number of sulfonamides is 1. The van der Waals surface area contributed by atoms with Crippen molar-refractivity contribution < 1.29 is 8.42 Å². The molecule has 0 aliphatic heterocycles. The maximum absolute atomic E-state index is 12.3. The van der Waals surface area contributed by atoms with Crippen molar-refractivity contribution in [2.45, 2.75) is 17.7 Å². The van der Waals surface area contributed by atoms with E-state index in [1.54, 1.807) is 24.3 Å². The summed E-state index contributed by atoms with van der Waals surface area (Å²) in [4.78, 5) is 0.999. The van der Waals surface area contributed by atoms with Gasteiger partial charge < -0.3 is 5.32 Å². The molecular formula is C13H15BrN2O2S2. The van der Waals surface area contributed by atoms with E-state index in [1.165, 1.54) is 11.3 Å². The topological polar surface area (TPSA) is 58.2 Å². The molecular weight excluding hydrogens is 360 g/mol. The van der Waals surface area contributed by atoms with Crippen molar-refractivity contribution in [3.05, 3.63) is 45.7 Å². The van der Waals surface area contributed by atoms with E-state index in [0.717, 1.165) is 11.4 Å². The molecule has 2 aromatic rings. The van der Waals surface area contributed by atoms with E-state index < -0.39 is 10.0 Å². The van der Waals surface area contributed by atoms with Crippen LogP contribution in [-0.4, -0.2) is 15.0 Å². The lowest BCUT2D eigenvalue weighted by atomic mass is 10.3. The second-order valence-electron chi connectivity index (χ2n) is 4.09. The Kier molecular flexibility index (Phi) is 5.20. The number of hydrogen-bond acceptors (Lipinski definition) is 4. The van der Waals surface area contributed by atoms with Crippen LogP contribution in [0.25, 0.3) is 0 Å². The molecule has 0 radical (unpaired) electrons. The van der Waals surface area contributed by atoms with Crippen LogP contribution >= 0.6 is 27.3 Å². The summed E-state index contributed by atoms with van der Waals surface area (Å²) < 4.78 is 28.2. The van der Waals surface area contributed by atoms with Crippen molar-refractivity contribution >= 4 is 43.0 Å². The molecule has 1 aromatic carbocycles. The van der Waals surface area contributed by atoms with E-state index in [0.29, 0.717) is 20.9 Å². The lowest BCUT2D eigenvalue weighted by Crippen LogP contribution is -2.12. The fourth-order valence-corrected chi connectivity index (χ4v) is 4.51. The van der Waals surface area contributed by atoms with E-state index in [1.807, 2.05) is 19.1 Å². The maximum atomic E-state index is 12.3. The lowest BCUT2D eigenvalue weighted by Gasteiger charge is -2.07. The van der Waals surface area contributed by atoms with Crippen LogP contribution in [0.4, 0.5) is 5.69 Å². The summed E-state index contributed by atoms with van der Waals surface area (Å²) in [6.45, 7) is 3.56. The Morgan fingerprint density at radius 2 is 1.95 bits per heavy atom. The molecule has 108 valence electrons. The van der Waals surface area contributed by atoms with Crippen LogP contribution in [0.3, 0.4) is 0 Å². The van der Waals surface area contributed by atoms with Gasteiger partial charge in [0.25, 0.3) is 10.0 Å². The Hall–Kier alpha value is -0.890. The Morgan fingerprint density at radius 3 is 2.65 bits per heavy atom. The summed E-state index contributed by atoms with van der Waals surface area (Å²) in [5, 5.41) is 3.18. The van der Waals surface area contributed by atoms with Crippen molar-refractivity contribution in [1.82, 2.24) is 5.32 Å². The molecule has 0 aliphatic rings. The zero-order valence-corrected chi connectivity index (χ0v) is 14.1. The van der Waals surface area contributed by atoms with E-state index in [-0.39, 0.29) is 0 Å². The quantitative estimate of drug-likeness (QED) is 0.814. The standard InChI is InChI=1S/C13H15BrN2O2S2/c1-2-15-9-10-7-8-13(19-10)20(17,18)16-12-6-4-3-5-11(12)14/h3-8,15-16H,2,9H2,1H3. The molecule has 4 nitrogen and oxygen atoms in total. The van der Waals surface area contributed by atoms with Crippen LogP contribution in [0.15, 0.2) is 45.1 Å². The lowest BCUT2D eigenvalue weighted by molar-refractivity contribution is 0.603. The molecule has 20 heavy (non-hydrogen) atoms.